The minimum atomic E-state index is -0.0884. The van der Waals surface area contributed by atoms with Crippen LogP contribution in [0.25, 0.3) is 0 Å². The quantitative estimate of drug-likeness (QED) is 0.788. The second kappa shape index (κ2) is 8.39. The maximum Gasteiger partial charge on any atom is 0.257 e. The predicted octanol–water partition coefficient (Wildman–Crippen LogP) is 3.24. The summed E-state index contributed by atoms with van der Waals surface area (Å²) in [5.74, 6) is 0.649. The minimum Gasteiger partial charge on any atom is -0.483 e. The topological polar surface area (TPSA) is 50.4 Å². The van der Waals surface area contributed by atoms with Crippen LogP contribution in [0.15, 0.2) is 22.7 Å². The van der Waals surface area contributed by atoms with Gasteiger partial charge in [-0.05, 0) is 45.4 Å². The number of halogens is 1. The molecule has 5 heteroatoms. The van der Waals surface area contributed by atoms with E-state index in [1.807, 2.05) is 25.1 Å². The zero-order valence-electron chi connectivity index (χ0n) is 13.3. The summed E-state index contributed by atoms with van der Waals surface area (Å²) < 4.78 is 6.64. The summed E-state index contributed by atoms with van der Waals surface area (Å²) in [6, 6.07) is 5.81. The minimum absolute atomic E-state index is 0.0259. The number of carbonyl (C=O) groups excluding carboxylic acids is 1. The van der Waals surface area contributed by atoms with Crippen LogP contribution in [0.3, 0.4) is 0 Å². The third-order valence-corrected chi connectivity index (χ3v) is 3.26. The molecule has 0 saturated carbocycles. The number of nitrogens with one attached hydrogen (secondary N) is 2. The largest absolute Gasteiger partial charge is 0.483 e. The molecule has 0 aromatic heterocycles. The van der Waals surface area contributed by atoms with Crippen molar-refractivity contribution in [3.63, 3.8) is 0 Å². The smallest absolute Gasteiger partial charge is 0.257 e. The second-order valence-electron chi connectivity index (χ2n) is 5.99. The molecule has 1 aromatic carbocycles. The summed E-state index contributed by atoms with van der Waals surface area (Å²) in [7, 11) is 0. The van der Waals surface area contributed by atoms with Gasteiger partial charge < -0.3 is 15.4 Å². The summed E-state index contributed by atoms with van der Waals surface area (Å²) in [5, 5.41) is 6.23. The van der Waals surface area contributed by atoms with Crippen molar-refractivity contribution < 1.29 is 9.53 Å². The average molecular weight is 357 g/mol. The summed E-state index contributed by atoms with van der Waals surface area (Å²) in [4.78, 5) is 11.6. The first-order valence-corrected chi connectivity index (χ1v) is 8.04. The van der Waals surface area contributed by atoms with Gasteiger partial charge in [-0.15, -0.1) is 0 Å². The van der Waals surface area contributed by atoms with Gasteiger partial charge in [0.1, 0.15) is 5.75 Å². The lowest BCUT2D eigenvalue weighted by atomic mass is 10.1. The van der Waals surface area contributed by atoms with Gasteiger partial charge in [-0.3, -0.25) is 4.79 Å². The van der Waals surface area contributed by atoms with Crippen molar-refractivity contribution in [2.75, 3.05) is 13.2 Å². The molecule has 1 aromatic rings. The van der Waals surface area contributed by atoms with E-state index >= 15 is 0 Å². The summed E-state index contributed by atoms with van der Waals surface area (Å²) in [6.07, 6.45) is 0.921. The van der Waals surface area contributed by atoms with Crippen LogP contribution in [0, 0.1) is 0 Å². The number of ether oxygens (including phenoxy) is 1. The highest BCUT2D eigenvalue weighted by molar-refractivity contribution is 9.10. The van der Waals surface area contributed by atoms with E-state index in [2.05, 4.69) is 47.3 Å². The third-order valence-electron chi connectivity index (χ3n) is 2.76. The zero-order chi connectivity index (χ0) is 15.9. The van der Waals surface area contributed by atoms with Gasteiger partial charge in [0.05, 0.1) is 0 Å². The van der Waals surface area contributed by atoms with E-state index in [1.165, 1.54) is 0 Å². The van der Waals surface area contributed by atoms with Gasteiger partial charge in [0, 0.05) is 28.7 Å². The molecule has 0 aliphatic heterocycles. The van der Waals surface area contributed by atoms with Crippen LogP contribution in [0.1, 0.15) is 39.7 Å². The molecule has 0 bridgehead atoms. The lowest BCUT2D eigenvalue weighted by Crippen LogP contribution is -2.35. The zero-order valence-corrected chi connectivity index (χ0v) is 14.8. The molecule has 0 spiro atoms. The van der Waals surface area contributed by atoms with E-state index in [0.717, 1.165) is 22.2 Å². The lowest BCUT2D eigenvalue weighted by molar-refractivity contribution is -0.123. The number of carbonyl (C=O) groups is 1. The van der Waals surface area contributed by atoms with Crippen LogP contribution in [0.2, 0.25) is 0 Å². The molecule has 118 valence electrons. The Hall–Kier alpha value is -1.07. The van der Waals surface area contributed by atoms with Crippen molar-refractivity contribution in [1.29, 1.82) is 0 Å². The number of hydrogen-bond acceptors (Lipinski definition) is 3. The highest BCUT2D eigenvalue weighted by Crippen LogP contribution is 2.23. The van der Waals surface area contributed by atoms with Crippen molar-refractivity contribution in [1.82, 2.24) is 10.6 Å². The molecule has 0 fully saturated rings. The number of rotatable bonds is 7. The van der Waals surface area contributed by atoms with Gasteiger partial charge in [-0.2, -0.15) is 0 Å². The SMILES string of the molecule is CCCNC(=O)COc1ccc(Br)cc1CNC(C)(C)C. The Morgan fingerprint density at radius 1 is 1.33 bits per heavy atom. The van der Waals surface area contributed by atoms with Gasteiger partial charge in [0.2, 0.25) is 0 Å². The molecular weight excluding hydrogens is 332 g/mol. The maximum absolute atomic E-state index is 11.6. The second-order valence-corrected chi connectivity index (χ2v) is 6.91. The van der Waals surface area contributed by atoms with Crippen LogP contribution in [-0.4, -0.2) is 24.6 Å². The molecular formula is C16H25BrN2O2. The average Bonchev–Trinajstić information content (AvgIpc) is 2.41. The van der Waals surface area contributed by atoms with E-state index in [1.54, 1.807) is 0 Å². The Morgan fingerprint density at radius 2 is 2.05 bits per heavy atom. The summed E-state index contributed by atoms with van der Waals surface area (Å²) >= 11 is 3.47. The van der Waals surface area contributed by atoms with Crippen molar-refractivity contribution in [3.05, 3.63) is 28.2 Å². The van der Waals surface area contributed by atoms with Crippen LogP contribution >= 0.6 is 15.9 Å². The Morgan fingerprint density at radius 3 is 2.67 bits per heavy atom. The number of benzene rings is 1. The van der Waals surface area contributed by atoms with Crippen molar-refractivity contribution >= 4 is 21.8 Å². The monoisotopic (exact) mass is 356 g/mol. The fourth-order valence-corrected chi connectivity index (χ4v) is 2.05. The standard InChI is InChI=1S/C16H25BrN2O2/c1-5-8-18-15(20)11-21-14-7-6-13(17)9-12(14)10-19-16(2,3)4/h6-7,9,19H,5,8,10-11H2,1-4H3,(H,18,20). The number of hydrogen-bond donors (Lipinski definition) is 2. The molecule has 4 nitrogen and oxygen atoms in total. The first-order valence-electron chi connectivity index (χ1n) is 7.25. The molecule has 0 aliphatic carbocycles. The Balaban J connectivity index is 2.66. The van der Waals surface area contributed by atoms with Gasteiger partial charge in [-0.25, -0.2) is 0 Å². The highest BCUT2D eigenvalue weighted by atomic mass is 79.9. The van der Waals surface area contributed by atoms with E-state index in [9.17, 15) is 4.79 Å². The molecule has 0 atom stereocenters. The van der Waals surface area contributed by atoms with Gasteiger partial charge in [0.15, 0.2) is 6.61 Å². The normalized spacial score (nSPS) is 11.3. The summed E-state index contributed by atoms with van der Waals surface area (Å²) in [6.45, 7) is 9.78. The number of amides is 1. The fourth-order valence-electron chi connectivity index (χ4n) is 1.65. The Bertz CT molecular complexity index is 470. The van der Waals surface area contributed by atoms with Crippen LogP contribution in [0.4, 0.5) is 0 Å². The van der Waals surface area contributed by atoms with Gasteiger partial charge >= 0.3 is 0 Å². The maximum atomic E-state index is 11.6. The molecule has 1 amide bonds. The van der Waals surface area contributed by atoms with E-state index in [-0.39, 0.29) is 18.1 Å². The predicted molar refractivity (Wildman–Crippen MR) is 89.5 cm³/mol. The van der Waals surface area contributed by atoms with Crippen LogP contribution in [0.5, 0.6) is 5.75 Å². The summed E-state index contributed by atoms with van der Waals surface area (Å²) in [5.41, 5.74) is 1.06. The molecule has 1 rings (SSSR count). The molecule has 0 heterocycles. The molecule has 0 saturated heterocycles. The fraction of sp³-hybridized carbons (Fsp3) is 0.562. The van der Waals surface area contributed by atoms with Gasteiger partial charge in [0.25, 0.3) is 5.91 Å². The molecule has 0 radical (unpaired) electrons. The van der Waals surface area contributed by atoms with Gasteiger partial charge in [-0.1, -0.05) is 22.9 Å². The van der Waals surface area contributed by atoms with Crippen molar-refractivity contribution in [2.24, 2.45) is 0 Å². The van der Waals surface area contributed by atoms with Crippen molar-refractivity contribution in [2.45, 2.75) is 46.2 Å². The molecule has 21 heavy (non-hydrogen) atoms. The van der Waals surface area contributed by atoms with Crippen LogP contribution in [-0.2, 0) is 11.3 Å². The molecule has 0 unspecified atom stereocenters. The molecule has 2 N–H and O–H groups in total. The van der Waals surface area contributed by atoms with E-state index < -0.39 is 0 Å². The first kappa shape index (κ1) is 18.0. The highest BCUT2D eigenvalue weighted by Gasteiger charge is 2.12. The molecule has 0 aliphatic rings. The van der Waals surface area contributed by atoms with Crippen LogP contribution < -0.4 is 15.4 Å². The Kier molecular flexibility index (Phi) is 7.18. The lowest BCUT2D eigenvalue weighted by Gasteiger charge is -2.21. The Labute approximate surface area is 135 Å². The van der Waals surface area contributed by atoms with E-state index in [4.69, 9.17) is 4.74 Å². The first-order chi connectivity index (χ1) is 9.81. The van der Waals surface area contributed by atoms with Crippen molar-refractivity contribution in [3.8, 4) is 5.75 Å². The third kappa shape index (κ3) is 7.48. The van der Waals surface area contributed by atoms with E-state index in [0.29, 0.717) is 13.1 Å².